The van der Waals surface area contributed by atoms with Crippen molar-refractivity contribution in [3.05, 3.63) is 89.5 Å². The van der Waals surface area contributed by atoms with Crippen molar-refractivity contribution in [3.8, 4) is 17.6 Å². The topological polar surface area (TPSA) is 59.3 Å². The highest BCUT2D eigenvalue weighted by Crippen LogP contribution is 2.49. The van der Waals surface area contributed by atoms with E-state index in [1.54, 1.807) is 12.1 Å². The predicted molar refractivity (Wildman–Crippen MR) is 92.4 cm³/mol. The van der Waals surface area contributed by atoms with Crippen molar-refractivity contribution in [2.45, 2.75) is 0 Å². The van der Waals surface area contributed by atoms with E-state index in [1.165, 1.54) is 48.5 Å². The van der Waals surface area contributed by atoms with Gasteiger partial charge in [0.05, 0.1) is 0 Å². The van der Waals surface area contributed by atoms with E-state index in [9.17, 15) is 22.1 Å². The summed E-state index contributed by atoms with van der Waals surface area (Å²) in [5.41, 5.74) is -1.48. The van der Waals surface area contributed by atoms with Crippen molar-refractivity contribution in [2.75, 3.05) is 0 Å². The second-order valence-electron chi connectivity index (χ2n) is 5.40. The zero-order valence-corrected chi connectivity index (χ0v) is 14.8. The van der Waals surface area contributed by atoms with Crippen molar-refractivity contribution in [1.29, 1.82) is 5.26 Å². The third kappa shape index (κ3) is 3.57. The minimum absolute atomic E-state index is 0.120. The summed E-state index contributed by atoms with van der Waals surface area (Å²) < 4.78 is 80.9. The van der Waals surface area contributed by atoms with Crippen LogP contribution < -0.4 is 14.4 Å². The van der Waals surface area contributed by atoms with Crippen LogP contribution >= 0.6 is 7.60 Å². The minimum atomic E-state index is -5.01. The number of para-hydroxylation sites is 2. The van der Waals surface area contributed by atoms with Gasteiger partial charge < -0.3 is 9.05 Å². The van der Waals surface area contributed by atoms with Crippen LogP contribution in [0.2, 0.25) is 0 Å². The molecule has 9 heteroatoms. The zero-order chi connectivity index (χ0) is 20.3. The summed E-state index contributed by atoms with van der Waals surface area (Å²) in [6.45, 7) is 0. The first-order chi connectivity index (χ1) is 13.4. The molecule has 3 rings (SSSR count). The Morgan fingerprint density at radius 2 is 1.11 bits per heavy atom. The fraction of sp³-hybridized carbons (Fsp3) is 0. The molecule has 0 bridgehead atoms. The second-order valence-corrected chi connectivity index (χ2v) is 7.20. The van der Waals surface area contributed by atoms with Gasteiger partial charge in [0.1, 0.15) is 23.1 Å². The molecule has 0 aliphatic heterocycles. The van der Waals surface area contributed by atoms with Gasteiger partial charge in [-0.15, -0.1) is 0 Å². The maximum Gasteiger partial charge on any atom is 0.469 e. The fourth-order valence-electron chi connectivity index (χ4n) is 2.31. The average molecular weight is 407 g/mol. The molecule has 0 heterocycles. The standard InChI is InChI=1S/C19H10F4NO3P/c20-15-14(11-24)16(21)18(23)19(17(15)22)28(25,26-12-7-3-1-4-8-12)27-13-9-5-2-6-10-13/h1-10H. The van der Waals surface area contributed by atoms with Gasteiger partial charge in [-0.25, -0.2) is 22.1 Å². The summed E-state index contributed by atoms with van der Waals surface area (Å²) >= 11 is 0. The molecule has 28 heavy (non-hydrogen) atoms. The summed E-state index contributed by atoms with van der Waals surface area (Å²) in [5.74, 6) is -8.30. The van der Waals surface area contributed by atoms with E-state index in [-0.39, 0.29) is 11.5 Å². The van der Waals surface area contributed by atoms with Crippen LogP contribution in [-0.4, -0.2) is 0 Å². The Kier molecular flexibility index (Phi) is 5.39. The van der Waals surface area contributed by atoms with Crippen LogP contribution in [0, 0.1) is 34.6 Å². The first-order valence-electron chi connectivity index (χ1n) is 7.73. The van der Waals surface area contributed by atoms with Crippen molar-refractivity contribution >= 4 is 12.9 Å². The molecule has 0 atom stereocenters. The van der Waals surface area contributed by atoms with Crippen molar-refractivity contribution in [2.24, 2.45) is 0 Å². The molecule has 0 amide bonds. The number of hydrogen-bond acceptors (Lipinski definition) is 4. The van der Waals surface area contributed by atoms with Gasteiger partial charge >= 0.3 is 7.60 Å². The van der Waals surface area contributed by atoms with Gasteiger partial charge in [0.25, 0.3) is 0 Å². The van der Waals surface area contributed by atoms with Gasteiger partial charge in [0.15, 0.2) is 28.6 Å². The van der Waals surface area contributed by atoms with E-state index in [0.29, 0.717) is 0 Å². The molecule has 0 fully saturated rings. The predicted octanol–water partition coefficient (Wildman–Crippen LogP) is 5.09. The van der Waals surface area contributed by atoms with Crippen LogP contribution in [0.3, 0.4) is 0 Å². The van der Waals surface area contributed by atoms with Crippen LogP contribution in [0.15, 0.2) is 60.7 Å². The Morgan fingerprint density at radius 1 is 0.714 bits per heavy atom. The number of hydrogen-bond donors (Lipinski definition) is 0. The molecular weight excluding hydrogens is 397 g/mol. The normalized spacial score (nSPS) is 11.0. The van der Waals surface area contributed by atoms with E-state index in [4.69, 9.17) is 14.3 Å². The van der Waals surface area contributed by atoms with E-state index >= 15 is 0 Å². The smallest absolute Gasteiger partial charge is 0.413 e. The molecule has 142 valence electrons. The second kappa shape index (κ2) is 7.75. The molecule has 3 aromatic carbocycles. The Hall–Kier alpha value is -3.30. The molecular formula is C19H10F4NO3P. The van der Waals surface area contributed by atoms with Gasteiger partial charge in [0.2, 0.25) is 0 Å². The molecule has 0 saturated carbocycles. The van der Waals surface area contributed by atoms with Gasteiger partial charge in [-0.05, 0) is 24.3 Å². The number of halogens is 4. The first-order valence-corrected chi connectivity index (χ1v) is 9.27. The van der Waals surface area contributed by atoms with E-state index in [1.807, 2.05) is 0 Å². The molecule has 0 saturated heterocycles. The lowest BCUT2D eigenvalue weighted by atomic mass is 10.2. The van der Waals surface area contributed by atoms with Crippen LogP contribution in [0.25, 0.3) is 0 Å². The number of rotatable bonds is 5. The van der Waals surface area contributed by atoms with Crippen LogP contribution in [0.5, 0.6) is 11.5 Å². The van der Waals surface area contributed by atoms with Crippen LogP contribution in [0.1, 0.15) is 5.56 Å². The third-order valence-corrected chi connectivity index (χ3v) is 5.41. The van der Waals surface area contributed by atoms with Crippen molar-refractivity contribution in [1.82, 2.24) is 0 Å². The molecule has 0 radical (unpaired) electrons. The lowest BCUT2D eigenvalue weighted by Gasteiger charge is -2.21. The largest absolute Gasteiger partial charge is 0.469 e. The fourth-order valence-corrected chi connectivity index (χ4v) is 4.00. The molecule has 4 nitrogen and oxygen atoms in total. The van der Waals surface area contributed by atoms with Crippen molar-refractivity contribution in [3.63, 3.8) is 0 Å². The quantitative estimate of drug-likeness (QED) is 0.336. The molecule has 0 aromatic heterocycles. The Labute approximate surface area is 157 Å². The monoisotopic (exact) mass is 407 g/mol. The zero-order valence-electron chi connectivity index (χ0n) is 13.9. The number of nitrogens with zero attached hydrogens (tertiary/aromatic N) is 1. The molecule has 0 unspecified atom stereocenters. The Balaban J connectivity index is 2.23. The molecule has 0 spiro atoms. The van der Waals surface area contributed by atoms with Crippen LogP contribution in [0.4, 0.5) is 17.6 Å². The molecule has 0 aliphatic carbocycles. The highest BCUT2D eigenvalue weighted by atomic mass is 31.2. The van der Waals surface area contributed by atoms with Gasteiger partial charge in [0, 0.05) is 0 Å². The van der Waals surface area contributed by atoms with Gasteiger partial charge in [-0.2, -0.15) is 5.26 Å². The van der Waals surface area contributed by atoms with E-state index in [0.717, 1.165) is 6.07 Å². The summed E-state index contributed by atoms with van der Waals surface area (Å²) in [4.78, 5) is 0. The summed E-state index contributed by atoms with van der Waals surface area (Å²) in [6, 6.07) is 15.4. The van der Waals surface area contributed by atoms with E-state index < -0.39 is 41.7 Å². The van der Waals surface area contributed by atoms with Crippen molar-refractivity contribution < 1.29 is 31.2 Å². The number of nitriles is 1. The molecule has 0 N–H and O–H groups in total. The highest BCUT2D eigenvalue weighted by Gasteiger charge is 2.42. The highest BCUT2D eigenvalue weighted by molar-refractivity contribution is 7.63. The number of benzene rings is 3. The van der Waals surface area contributed by atoms with Crippen LogP contribution in [-0.2, 0) is 4.57 Å². The molecule has 3 aromatic rings. The van der Waals surface area contributed by atoms with Gasteiger partial charge in [-0.1, -0.05) is 36.4 Å². The maximum absolute atomic E-state index is 14.5. The lowest BCUT2D eigenvalue weighted by molar-refractivity contribution is 0.389. The summed E-state index contributed by atoms with van der Waals surface area (Å²) in [5, 5.41) is 7.14. The van der Waals surface area contributed by atoms with E-state index in [2.05, 4.69) is 0 Å². The molecule has 0 aliphatic rings. The third-order valence-electron chi connectivity index (χ3n) is 3.56. The summed E-state index contributed by atoms with van der Waals surface area (Å²) in [6.07, 6.45) is 0. The Bertz CT molecular complexity index is 1030. The lowest BCUT2D eigenvalue weighted by Crippen LogP contribution is -2.25. The SMILES string of the molecule is N#Cc1c(F)c(F)c(P(=O)(Oc2ccccc2)Oc2ccccc2)c(F)c1F. The summed E-state index contributed by atoms with van der Waals surface area (Å²) in [7, 11) is -5.01. The first kappa shape index (κ1) is 19.5. The Morgan fingerprint density at radius 3 is 1.46 bits per heavy atom. The van der Waals surface area contributed by atoms with Gasteiger partial charge in [-0.3, -0.25) is 0 Å². The average Bonchev–Trinajstić information content (AvgIpc) is 2.68. The minimum Gasteiger partial charge on any atom is -0.413 e. The maximum atomic E-state index is 14.5.